The van der Waals surface area contributed by atoms with Crippen LogP contribution in [0, 0.1) is 0 Å². The van der Waals surface area contributed by atoms with E-state index in [1.165, 1.54) is 0 Å². The third-order valence-electron chi connectivity index (χ3n) is 10.1. The average Bonchev–Trinajstić information content (AvgIpc) is 3.58. The van der Waals surface area contributed by atoms with Gasteiger partial charge in [-0.25, -0.2) is 0 Å². The molecule has 0 amide bonds. The van der Waals surface area contributed by atoms with Crippen LogP contribution in [0.5, 0.6) is 0 Å². The molecule has 0 bridgehead atoms. The van der Waals surface area contributed by atoms with Gasteiger partial charge in [0, 0.05) is 5.56 Å². The average molecular weight is 725 g/mol. The van der Waals surface area contributed by atoms with Crippen molar-refractivity contribution < 1.29 is 28.8 Å². The molecule has 5 atom stereocenters. The van der Waals surface area contributed by atoms with E-state index in [-0.39, 0.29) is 11.9 Å². The Bertz CT molecular complexity index is 2060. The van der Waals surface area contributed by atoms with E-state index in [0.29, 0.717) is 39.6 Å². The maximum absolute atomic E-state index is 10.7. The molecule has 1 N–H and O–H groups in total. The molecule has 1 fully saturated rings. The predicted molar refractivity (Wildman–Crippen MR) is 209 cm³/mol. The fourth-order valence-corrected chi connectivity index (χ4v) is 9.29. The van der Waals surface area contributed by atoms with Crippen LogP contribution in [0.4, 0.5) is 0 Å². The SMILES string of the molecule is OCc1cc2c(c3ccccc13)CO[C@]21S[C@H](COCc2ccccc2)[C@@H](OCc2ccccc2)[C@H](OCc2ccccc2)[C@H]1OCc1ccccc1. The van der Waals surface area contributed by atoms with E-state index in [1.807, 2.05) is 84.9 Å². The van der Waals surface area contributed by atoms with Crippen LogP contribution < -0.4 is 0 Å². The molecule has 0 saturated carbocycles. The zero-order valence-electron chi connectivity index (χ0n) is 29.6. The van der Waals surface area contributed by atoms with E-state index < -0.39 is 23.2 Å². The van der Waals surface area contributed by atoms with Gasteiger partial charge >= 0.3 is 0 Å². The van der Waals surface area contributed by atoms with Crippen molar-refractivity contribution >= 4 is 22.5 Å². The lowest BCUT2D eigenvalue weighted by atomic mass is 9.88. The van der Waals surface area contributed by atoms with Crippen molar-refractivity contribution in [2.45, 2.75) is 68.1 Å². The molecule has 270 valence electrons. The van der Waals surface area contributed by atoms with Crippen molar-refractivity contribution in [2.75, 3.05) is 6.61 Å². The Balaban J connectivity index is 1.24. The van der Waals surface area contributed by atoms with Crippen molar-refractivity contribution in [3.05, 3.63) is 191 Å². The molecule has 0 aromatic heterocycles. The Morgan fingerprint density at radius 3 is 1.64 bits per heavy atom. The predicted octanol–water partition coefficient (Wildman–Crippen LogP) is 9.10. The number of fused-ring (bicyclic) bond motifs is 4. The summed E-state index contributed by atoms with van der Waals surface area (Å²) in [6.45, 7) is 2.31. The third-order valence-corrected chi connectivity index (χ3v) is 11.8. The minimum Gasteiger partial charge on any atom is -0.392 e. The highest BCUT2D eigenvalue weighted by Crippen LogP contribution is 2.58. The van der Waals surface area contributed by atoms with Crippen molar-refractivity contribution in [2.24, 2.45) is 0 Å². The van der Waals surface area contributed by atoms with E-state index in [1.54, 1.807) is 11.8 Å². The normalized spacial score (nSPS) is 22.3. The minimum atomic E-state index is -0.979. The fourth-order valence-electron chi connectivity index (χ4n) is 7.54. The van der Waals surface area contributed by atoms with Gasteiger partial charge in [0.2, 0.25) is 0 Å². The number of aliphatic hydroxyl groups is 1. The van der Waals surface area contributed by atoms with E-state index in [0.717, 1.165) is 49.7 Å². The van der Waals surface area contributed by atoms with Gasteiger partial charge < -0.3 is 28.8 Å². The van der Waals surface area contributed by atoms with E-state index >= 15 is 0 Å². The summed E-state index contributed by atoms with van der Waals surface area (Å²) in [5.41, 5.74) is 7.25. The molecule has 0 aliphatic carbocycles. The lowest BCUT2D eigenvalue weighted by Crippen LogP contribution is -2.61. The molecule has 6 nitrogen and oxygen atoms in total. The molecule has 0 radical (unpaired) electrons. The lowest BCUT2D eigenvalue weighted by Gasteiger charge is -2.51. The van der Waals surface area contributed by atoms with Crippen LogP contribution in [0.3, 0.4) is 0 Å². The summed E-state index contributed by atoms with van der Waals surface area (Å²) >= 11 is 1.70. The highest BCUT2D eigenvalue weighted by molar-refractivity contribution is 8.00. The number of ether oxygens (including phenoxy) is 5. The quantitative estimate of drug-likeness (QED) is 0.120. The molecule has 53 heavy (non-hydrogen) atoms. The minimum absolute atomic E-state index is 0.0928. The molecular formula is C46H44O6S. The van der Waals surface area contributed by atoms with Crippen LogP contribution in [0.2, 0.25) is 0 Å². The van der Waals surface area contributed by atoms with E-state index in [9.17, 15) is 5.11 Å². The first-order chi connectivity index (χ1) is 26.2. The molecule has 7 heteroatoms. The molecule has 8 rings (SSSR count). The molecular weight excluding hydrogens is 681 g/mol. The standard InChI is InChI=1S/C46H44O6S/c47-26-37-25-41-40(39-24-14-13-23-38(37)39)31-52-46(41)45(51-30-36-21-11-4-12-22-36)44(50-29-35-19-9-3-10-20-35)43(49-28-34-17-7-2-8-18-34)42(53-46)32-48-27-33-15-5-1-6-16-33/h1-25,42-45,47H,26-32H2/t42-,43-,44+,45-,46+/m1/s1. The molecule has 2 heterocycles. The third kappa shape index (κ3) is 7.84. The maximum atomic E-state index is 10.7. The number of hydrogen-bond acceptors (Lipinski definition) is 7. The van der Waals surface area contributed by atoms with Gasteiger partial charge in [0.15, 0.2) is 4.93 Å². The summed E-state index contributed by atoms with van der Waals surface area (Å²) in [5, 5.41) is 12.6. The molecule has 6 aromatic carbocycles. The topological polar surface area (TPSA) is 66.4 Å². The summed E-state index contributed by atoms with van der Waals surface area (Å²) in [7, 11) is 0. The van der Waals surface area contributed by atoms with Gasteiger partial charge in [-0.15, -0.1) is 11.8 Å². The number of rotatable bonds is 14. The van der Waals surface area contributed by atoms with Gasteiger partial charge in [-0.1, -0.05) is 146 Å². The number of aliphatic hydroxyl groups excluding tert-OH is 1. The van der Waals surface area contributed by atoms with Crippen molar-refractivity contribution in [1.82, 2.24) is 0 Å². The largest absolute Gasteiger partial charge is 0.392 e. The Kier molecular flexibility index (Phi) is 11.3. The summed E-state index contributed by atoms with van der Waals surface area (Å²) in [5.74, 6) is 0. The van der Waals surface area contributed by atoms with Crippen LogP contribution in [-0.4, -0.2) is 35.3 Å². The zero-order chi connectivity index (χ0) is 35.9. The Morgan fingerprint density at radius 2 is 1.08 bits per heavy atom. The molecule has 1 saturated heterocycles. The highest BCUT2D eigenvalue weighted by Gasteiger charge is 2.61. The smallest absolute Gasteiger partial charge is 0.169 e. The number of thioether (sulfide) groups is 1. The zero-order valence-corrected chi connectivity index (χ0v) is 30.4. The van der Waals surface area contributed by atoms with Gasteiger partial charge in [-0.3, -0.25) is 0 Å². The van der Waals surface area contributed by atoms with Crippen LogP contribution in [0.15, 0.2) is 152 Å². The van der Waals surface area contributed by atoms with Crippen molar-refractivity contribution in [3.63, 3.8) is 0 Å². The van der Waals surface area contributed by atoms with Crippen LogP contribution in [0.25, 0.3) is 10.8 Å². The summed E-state index contributed by atoms with van der Waals surface area (Å²) in [4.78, 5) is -0.979. The van der Waals surface area contributed by atoms with Crippen molar-refractivity contribution in [3.8, 4) is 0 Å². The Labute approximate surface area is 315 Å². The second-order valence-electron chi connectivity index (χ2n) is 13.6. The molecule has 6 aromatic rings. The van der Waals surface area contributed by atoms with Gasteiger partial charge in [-0.2, -0.15) is 0 Å². The van der Waals surface area contributed by atoms with Crippen LogP contribution in [0.1, 0.15) is 38.9 Å². The highest BCUT2D eigenvalue weighted by atomic mass is 32.2. The van der Waals surface area contributed by atoms with Gasteiger partial charge in [-0.05, 0) is 50.2 Å². The summed E-state index contributed by atoms with van der Waals surface area (Å²) in [6, 6.07) is 51.3. The Hall–Kier alpha value is -4.31. The number of benzene rings is 6. The second kappa shape index (κ2) is 16.8. The van der Waals surface area contributed by atoms with Gasteiger partial charge in [0.25, 0.3) is 0 Å². The first kappa shape index (κ1) is 35.7. The fraction of sp³-hybridized carbons (Fsp3) is 0.261. The summed E-state index contributed by atoms with van der Waals surface area (Å²) < 4.78 is 34.8. The van der Waals surface area contributed by atoms with Crippen LogP contribution >= 0.6 is 11.8 Å². The van der Waals surface area contributed by atoms with Crippen LogP contribution in [-0.2, 0) is 68.3 Å². The molecule has 0 unspecified atom stereocenters. The first-order valence-corrected chi connectivity index (χ1v) is 19.1. The molecule has 2 aliphatic rings. The van der Waals surface area contributed by atoms with Gasteiger partial charge in [0.1, 0.15) is 18.3 Å². The summed E-state index contributed by atoms with van der Waals surface area (Å²) in [6.07, 6.45) is -1.56. The Morgan fingerprint density at radius 1 is 0.585 bits per heavy atom. The van der Waals surface area contributed by atoms with E-state index in [2.05, 4.69) is 66.7 Å². The molecule has 1 spiro atoms. The number of hydrogen-bond donors (Lipinski definition) is 1. The maximum Gasteiger partial charge on any atom is 0.169 e. The first-order valence-electron chi connectivity index (χ1n) is 18.3. The van der Waals surface area contributed by atoms with Crippen molar-refractivity contribution in [1.29, 1.82) is 0 Å². The lowest BCUT2D eigenvalue weighted by molar-refractivity contribution is -0.207. The molecule has 2 aliphatic heterocycles. The van der Waals surface area contributed by atoms with Gasteiger partial charge in [0.05, 0.1) is 51.5 Å². The monoisotopic (exact) mass is 724 g/mol. The second-order valence-corrected chi connectivity index (χ2v) is 15.1. The van der Waals surface area contributed by atoms with E-state index in [4.69, 9.17) is 23.7 Å².